The molecule has 16 aromatic carbocycles. The van der Waals surface area contributed by atoms with Gasteiger partial charge in [-0.2, -0.15) is 0 Å². The molecule has 0 fully saturated rings. The van der Waals surface area contributed by atoms with Crippen molar-refractivity contribution in [3.8, 4) is 94.7 Å². The van der Waals surface area contributed by atoms with Crippen LogP contribution in [-0.2, 0) is 10.8 Å². The van der Waals surface area contributed by atoms with Crippen molar-refractivity contribution < 1.29 is 0 Å². The van der Waals surface area contributed by atoms with Crippen molar-refractivity contribution in [2.45, 2.75) is 52.4 Å². The zero-order valence-electron chi connectivity index (χ0n) is 57.7. The first-order valence-electron chi connectivity index (χ1n) is 35.7. The number of nitrogens with zero attached hydrogens (tertiary/aromatic N) is 2. The van der Waals surface area contributed by atoms with Crippen LogP contribution in [0.5, 0.6) is 0 Å². The van der Waals surface area contributed by atoms with Gasteiger partial charge in [-0.25, -0.2) is 0 Å². The molecule has 17 aromatic rings. The number of hydrogen-bond acceptors (Lipinski definition) is 1. The van der Waals surface area contributed by atoms with E-state index < -0.39 is 0 Å². The van der Waals surface area contributed by atoms with Gasteiger partial charge in [0, 0.05) is 38.9 Å². The summed E-state index contributed by atoms with van der Waals surface area (Å²) in [7, 11) is 0. The van der Waals surface area contributed by atoms with Crippen molar-refractivity contribution in [2.75, 3.05) is 4.90 Å². The molecule has 0 aliphatic carbocycles. The summed E-state index contributed by atoms with van der Waals surface area (Å²) >= 11 is 0. The van der Waals surface area contributed by atoms with E-state index in [0.717, 1.165) is 44.8 Å². The lowest BCUT2D eigenvalue weighted by atomic mass is 9.33. The summed E-state index contributed by atoms with van der Waals surface area (Å²) in [6.07, 6.45) is 0. The second-order valence-electron chi connectivity index (χ2n) is 29.8. The molecule has 0 saturated carbocycles. The number of hydrogen-bond donors (Lipinski definition) is 0. The minimum absolute atomic E-state index is 0.0586. The van der Waals surface area contributed by atoms with Crippen molar-refractivity contribution in [1.82, 2.24) is 4.57 Å². The molecule has 0 atom stereocenters. The number of fused-ring (bicyclic) bond motifs is 14. The van der Waals surface area contributed by atoms with Gasteiger partial charge < -0.3 is 9.47 Å². The van der Waals surface area contributed by atoms with E-state index in [1.807, 2.05) is 0 Å². The highest BCUT2D eigenvalue weighted by atomic mass is 15.2. The summed E-state index contributed by atoms with van der Waals surface area (Å²) in [5.41, 5.74) is 32.1. The molecule has 0 spiro atoms. The van der Waals surface area contributed by atoms with Crippen molar-refractivity contribution >= 4 is 94.3 Å². The van der Waals surface area contributed by atoms with Crippen molar-refractivity contribution in [3.63, 3.8) is 0 Å². The van der Waals surface area contributed by atoms with E-state index in [4.69, 9.17) is 0 Å². The molecule has 0 amide bonds. The minimum atomic E-state index is -0.189. The quantitative estimate of drug-likeness (QED) is 0.103. The van der Waals surface area contributed by atoms with Crippen molar-refractivity contribution in [3.05, 3.63) is 345 Å². The lowest BCUT2D eigenvalue weighted by Gasteiger charge is -2.42. The Hall–Kier alpha value is -12.0. The highest BCUT2D eigenvalue weighted by molar-refractivity contribution is 7.00. The monoisotopic (exact) mass is 1290 g/mol. The van der Waals surface area contributed by atoms with Crippen LogP contribution in [0.25, 0.3) is 149 Å². The van der Waals surface area contributed by atoms with Crippen LogP contribution in [-0.4, -0.2) is 11.3 Å². The van der Waals surface area contributed by atoms with Gasteiger partial charge in [0.15, 0.2) is 0 Å². The van der Waals surface area contributed by atoms with E-state index in [9.17, 15) is 0 Å². The standard InChI is InChI=1S/C98H73BN2/c1-97(2,3)70-50-53-72(54-51-70)100-84-56-52-71(98(4,5)6)60-81(84)99-82-61-79-77-47-28-27-45-75(77)76-46-29-30-48-78(76)93(79)94-80-57-68(74-44-26-25-43-73(74)62-31-13-7-14-32-62)49-55-83(80)101(96(82)94)86-59-69(58-85(100)95(86)99)92-90(66-39-21-11-22-40-66)88(64-35-17-9-18-36-64)87(63-33-15-8-16-34-63)89(65-37-19-10-20-38-65)91(92)67-41-23-12-24-42-67/h7-61H,1-6H3. The molecule has 101 heavy (non-hydrogen) atoms. The maximum atomic E-state index is 2.73. The zero-order valence-corrected chi connectivity index (χ0v) is 57.7. The predicted molar refractivity (Wildman–Crippen MR) is 434 cm³/mol. The smallest absolute Gasteiger partial charge is 0.252 e. The van der Waals surface area contributed by atoms with E-state index in [-0.39, 0.29) is 17.5 Å². The largest absolute Gasteiger partial charge is 0.311 e. The minimum Gasteiger partial charge on any atom is -0.311 e. The molecule has 2 aliphatic rings. The van der Waals surface area contributed by atoms with Crippen LogP contribution in [0.1, 0.15) is 52.7 Å². The average molecular weight is 1290 g/mol. The van der Waals surface area contributed by atoms with Gasteiger partial charge in [0.25, 0.3) is 6.71 Å². The molecule has 0 saturated heterocycles. The Labute approximate surface area is 591 Å². The molecule has 1 aromatic heterocycles. The maximum absolute atomic E-state index is 2.73. The highest BCUT2D eigenvalue weighted by Gasteiger charge is 2.45. The lowest BCUT2D eigenvalue weighted by Crippen LogP contribution is -2.60. The molecule has 0 unspecified atom stereocenters. The Morgan fingerprint density at radius 1 is 0.257 bits per heavy atom. The third-order valence-corrected chi connectivity index (χ3v) is 21.8. The Kier molecular flexibility index (Phi) is 13.9. The first-order chi connectivity index (χ1) is 49.4. The summed E-state index contributed by atoms with van der Waals surface area (Å²) in [6.45, 7) is 13.9. The molecule has 3 heterocycles. The number of benzene rings is 16. The molecule has 0 N–H and O–H groups in total. The average Bonchev–Trinajstić information content (AvgIpc) is 1.61. The Balaban J connectivity index is 1.06. The molecule has 3 heteroatoms. The van der Waals surface area contributed by atoms with Gasteiger partial charge in [0.1, 0.15) is 0 Å². The summed E-state index contributed by atoms with van der Waals surface area (Å²) < 4.78 is 2.73. The van der Waals surface area contributed by atoms with Crippen molar-refractivity contribution in [2.24, 2.45) is 0 Å². The Bertz CT molecular complexity index is 6060. The highest BCUT2D eigenvalue weighted by Crippen LogP contribution is 2.58. The van der Waals surface area contributed by atoms with Gasteiger partial charge in [-0.15, -0.1) is 0 Å². The first kappa shape index (κ1) is 60.2. The summed E-state index contributed by atoms with van der Waals surface area (Å²) in [5.74, 6) is 0. The predicted octanol–water partition coefficient (Wildman–Crippen LogP) is 24.8. The fourth-order valence-corrected chi connectivity index (χ4v) is 17.3. The summed E-state index contributed by atoms with van der Waals surface area (Å²) in [5, 5.41) is 10.1. The van der Waals surface area contributed by atoms with Gasteiger partial charge in [0.2, 0.25) is 0 Å². The molecule has 0 radical (unpaired) electrons. The topological polar surface area (TPSA) is 8.17 Å². The molecule has 2 nitrogen and oxygen atoms in total. The summed E-state index contributed by atoms with van der Waals surface area (Å²) in [6, 6.07) is 127. The van der Waals surface area contributed by atoms with Crippen LogP contribution >= 0.6 is 0 Å². The van der Waals surface area contributed by atoms with Crippen LogP contribution < -0.4 is 21.3 Å². The normalized spacial score (nSPS) is 12.6. The Morgan fingerprint density at radius 2 is 0.663 bits per heavy atom. The molecule has 2 aliphatic heterocycles. The number of anilines is 3. The first-order valence-corrected chi connectivity index (χ1v) is 35.7. The molecular weight excluding hydrogens is 1220 g/mol. The SMILES string of the molecule is CC(C)(C)c1ccc(N2c3ccc(C(C)(C)C)cc3B3c4c2cc(-c2c(-c5ccccc5)c(-c5ccccc5)c(-c5ccccc5)c(-c5ccccc5)c2-c2ccccc2)cc4-n2c4ccc(-c5ccccc5-c5ccccc5)cc4c4c5c6ccccc6c6ccccc6c5cc3c42)cc1. The Morgan fingerprint density at radius 3 is 1.16 bits per heavy atom. The zero-order chi connectivity index (χ0) is 67.8. The molecular formula is C98H73BN2. The summed E-state index contributed by atoms with van der Waals surface area (Å²) in [4.78, 5) is 2.64. The second kappa shape index (κ2) is 23.3. The van der Waals surface area contributed by atoms with Crippen LogP contribution in [0.3, 0.4) is 0 Å². The van der Waals surface area contributed by atoms with Gasteiger partial charge in [-0.05, 0) is 197 Å². The van der Waals surface area contributed by atoms with E-state index >= 15 is 0 Å². The maximum Gasteiger partial charge on any atom is 0.252 e. The molecule has 478 valence electrons. The third-order valence-electron chi connectivity index (χ3n) is 21.8. The fraction of sp³-hybridized carbons (Fsp3) is 0.0816. The van der Waals surface area contributed by atoms with Crippen LogP contribution in [0.4, 0.5) is 17.1 Å². The van der Waals surface area contributed by atoms with Gasteiger partial charge in [0.05, 0.1) is 11.0 Å². The fourth-order valence-electron chi connectivity index (χ4n) is 17.3. The van der Waals surface area contributed by atoms with Crippen LogP contribution in [0.2, 0.25) is 0 Å². The van der Waals surface area contributed by atoms with Gasteiger partial charge >= 0.3 is 0 Å². The molecule has 0 bridgehead atoms. The lowest BCUT2D eigenvalue weighted by molar-refractivity contribution is 0.590. The van der Waals surface area contributed by atoms with Gasteiger partial charge in [-0.1, -0.05) is 333 Å². The van der Waals surface area contributed by atoms with E-state index in [1.165, 1.54) is 149 Å². The third kappa shape index (κ3) is 9.55. The van der Waals surface area contributed by atoms with Crippen LogP contribution in [0, 0.1) is 0 Å². The van der Waals surface area contributed by atoms with E-state index in [0.29, 0.717) is 0 Å². The van der Waals surface area contributed by atoms with Gasteiger partial charge in [-0.3, -0.25) is 0 Å². The second-order valence-corrected chi connectivity index (χ2v) is 29.8. The number of aromatic nitrogens is 1. The van der Waals surface area contributed by atoms with E-state index in [2.05, 4.69) is 385 Å². The van der Waals surface area contributed by atoms with Crippen molar-refractivity contribution in [1.29, 1.82) is 0 Å². The van der Waals surface area contributed by atoms with Crippen LogP contribution in [0.15, 0.2) is 334 Å². The van der Waals surface area contributed by atoms with E-state index in [1.54, 1.807) is 0 Å². The molecule has 19 rings (SSSR count). The number of rotatable bonds is 9.